The molecular formula is C27H16ClF4N3O2. The van der Waals surface area contributed by atoms with E-state index in [4.69, 9.17) is 11.6 Å². The number of nitrogens with one attached hydrogen (secondary N) is 1. The third-order valence-electron chi connectivity index (χ3n) is 5.83. The second kappa shape index (κ2) is 9.59. The van der Waals surface area contributed by atoms with Crippen molar-refractivity contribution in [2.75, 3.05) is 5.32 Å². The quantitative estimate of drug-likeness (QED) is 0.167. The summed E-state index contributed by atoms with van der Waals surface area (Å²) < 4.78 is 62.0. The van der Waals surface area contributed by atoms with E-state index < -0.39 is 51.5 Å². The topological polar surface area (TPSA) is 55.5 Å². The van der Waals surface area contributed by atoms with Gasteiger partial charge in [-0.2, -0.15) is 0 Å². The largest absolute Gasteiger partial charge is 0.317 e. The van der Waals surface area contributed by atoms with Crippen LogP contribution in [0.3, 0.4) is 0 Å². The molecule has 37 heavy (non-hydrogen) atoms. The summed E-state index contributed by atoms with van der Waals surface area (Å²) in [6, 6.07) is 20.2. The van der Waals surface area contributed by atoms with Crippen molar-refractivity contribution in [3.05, 3.63) is 129 Å². The van der Waals surface area contributed by atoms with E-state index in [1.807, 2.05) is 5.32 Å². The van der Waals surface area contributed by atoms with Crippen molar-refractivity contribution in [2.24, 2.45) is 0 Å². The Kier molecular flexibility index (Phi) is 6.31. The lowest BCUT2D eigenvalue weighted by Crippen LogP contribution is -2.27. The second-order valence-corrected chi connectivity index (χ2v) is 8.48. The van der Waals surface area contributed by atoms with Crippen LogP contribution in [0.1, 0.15) is 15.9 Å². The van der Waals surface area contributed by atoms with Crippen LogP contribution in [-0.4, -0.2) is 15.1 Å². The normalized spacial score (nSPS) is 11.2. The summed E-state index contributed by atoms with van der Waals surface area (Å²) in [7, 11) is 0. The Morgan fingerprint density at radius 1 is 0.784 bits per heavy atom. The summed E-state index contributed by atoms with van der Waals surface area (Å²) in [5, 5.41) is 1.94. The standard InChI is InChI=1S/C27H16ClF4N3O2/c28-18-13-7-12-17-20(27(37)34(35(17)18)14-15-8-3-1-4-9-15)26(36)33-25-23(31)21(29)19(22(30)24(25)32)16-10-5-2-6-11-16/h1-13H,14H2,(H,33,36). The molecule has 5 nitrogen and oxygen atoms in total. The zero-order valence-corrected chi connectivity index (χ0v) is 19.6. The molecule has 10 heteroatoms. The molecule has 5 rings (SSSR count). The zero-order valence-electron chi connectivity index (χ0n) is 18.8. The first-order valence-corrected chi connectivity index (χ1v) is 11.3. The number of hydrogen-bond acceptors (Lipinski definition) is 2. The van der Waals surface area contributed by atoms with Gasteiger partial charge in [0.25, 0.3) is 11.5 Å². The third-order valence-corrected chi connectivity index (χ3v) is 6.12. The summed E-state index contributed by atoms with van der Waals surface area (Å²) >= 11 is 6.30. The number of carbonyl (C=O) groups is 1. The predicted octanol–water partition coefficient (Wildman–Crippen LogP) is 6.28. The molecule has 2 heterocycles. The van der Waals surface area contributed by atoms with Crippen molar-refractivity contribution >= 4 is 28.7 Å². The van der Waals surface area contributed by atoms with E-state index >= 15 is 0 Å². The number of halogens is 5. The molecular weight excluding hydrogens is 510 g/mol. The SMILES string of the molecule is O=C(Nc1c(F)c(F)c(-c2ccccc2)c(F)c1F)c1c(=O)n(Cc2ccccc2)n2c(Cl)cccc12. The molecule has 0 atom stereocenters. The summed E-state index contributed by atoms with van der Waals surface area (Å²) in [5.41, 5.74) is -2.94. The molecule has 186 valence electrons. The molecule has 0 bridgehead atoms. The number of pyridine rings is 1. The molecule has 3 aromatic carbocycles. The molecule has 0 spiro atoms. The maximum absolute atomic E-state index is 14.9. The van der Waals surface area contributed by atoms with Gasteiger partial charge in [0.05, 0.1) is 17.6 Å². The maximum Gasteiger partial charge on any atom is 0.280 e. The fourth-order valence-electron chi connectivity index (χ4n) is 4.13. The lowest BCUT2D eigenvalue weighted by Gasteiger charge is -2.13. The molecule has 1 amide bonds. The Morgan fingerprint density at radius 3 is 2.00 bits per heavy atom. The van der Waals surface area contributed by atoms with Crippen molar-refractivity contribution < 1.29 is 22.4 Å². The molecule has 5 aromatic rings. The van der Waals surface area contributed by atoms with Gasteiger partial charge in [0.1, 0.15) is 16.4 Å². The van der Waals surface area contributed by atoms with E-state index in [1.165, 1.54) is 51.7 Å². The summed E-state index contributed by atoms with van der Waals surface area (Å²) in [6.07, 6.45) is 0. The van der Waals surface area contributed by atoms with Crippen molar-refractivity contribution in [3.8, 4) is 11.1 Å². The van der Waals surface area contributed by atoms with E-state index in [0.717, 1.165) is 0 Å². The third kappa shape index (κ3) is 4.17. The lowest BCUT2D eigenvalue weighted by atomic mass is 10.0. The fourth-order valence-corrected chi connectivity index (χ4v) is 4.38. The summed E-state index contributed by atoms with van der Waals surface area (Å²) in [6.45, 7) is 0.0234. The van der Waals surface area contributed by atoms with E-state index in [2.05, 4.69) is 0 Å². The van der Waals surface area contributed by atoms with Crippen LogP contribution < -0.4 is 10.9 Å². The minimum Gasteiger partial charge on any atom is -0.317 e. The van der Waals surface area contributed by atoms with Crippen LogP contribution in [0.25, 0.3) is 16.6 Å². The molecule has 2 aromatic heterocycles. The Hall–Kier alpha value is -4.37. The number of anilines is 1. The monoisotopic (exact) mass is 525 g/mol. The fraction of sp³-hybridized carbons (Fsp3) is 0.0370. The molecule has 0 radical (unpaired) electrons. The number of carbonyl (C=O) groups excluding carboxylic acids is 1. The van der Waals surface area contributed by atoms with Gasteiger partial charge in [-0.25, -0.2) is 26.8 Å². The predicted molar refractivity (Wildman–Crippen MR) is 132 cm³/mol. The molecule has 0 saturated heterocycles. The maximum atomic E-state index is 14.9. The first-order chi connectivity index (χ1) is 17.8. The first-order valence-electron chi connectivity index (χ1n) is 11.0. The number of aromatic nitrogens is 2. The highest BCUT2D eigenvalue weighted by Gasteiger charge is 2.30. The van der Waals surface area contributed by atoms with E-state index in [0.29, 0.717) is 5.56 Å². The number of fused-ring (bicyclic) bond motifs is 1. The zero-order chi connectivity index (χ0) is 26.3. The van der Waals surface area contributed by atoms with Gasteiger partial charge in [-0.3, -0.25) is 9.59 Å². The van der Waals surface area contributed by atoms with Crippen molar-refractivity contribution in [2.45, 2.75) is 6.54 Å². The van der Waals surface area contributed by atoms with Gasteiger partial charge in [0.2, 0.25) is 0 Å². The van der Waals surface area contributed by atoms with Crippen LogP contribution in [0, 0.1) is 23.3 Å². The average Bonchev–Trinajstić information content (AvgIpc) is 3.19. The molecule has 0 unspecified atom stereocenters. The van der Waals surface area contributed by atoms with Crippen molar-refractivity contribution in [3.63, 3.8) is 0 Å². The first kappa shape index (κ1) is 24.3. The van der Waals surface area contributed by atoms with Crippen LogP contribution in [0.4, 0.5) is 23.2 Å². The molecule has 0 aliphatic carbocycles. The summed E-state index contributed by atoms with van der Waals surface area (Å²) in [5.74, 6) is -8.26. The van der Waals surface area contributed by atoms with Gasteiger partial charge >= 0.3 is 0 Å². The number of hydrogen-bond donors (Lipinski definition) is 1. The van der Waals surface area contributed by atoms with E-state index in [-0.39, 0.29) is 22.8 Å². The van der Waals surface area contributed by atoms with Gasteiger partial charge in [-0.1, -0.05) is 78.3 Å². The average molecular weight is 526 g/mol. The van der Waals surface area contributed by atoms with E-state index in [1.54, 1.807) is 36.4 Å². The summed E-state index contributed by atoms with van der Waals surface area (Å²) in [4.78, 5) is 26.5. The van der Waals surface area contributed by atoms with Crippen LogP contribution in [0.2, 0.25) is 5.15 Å². The molecule has 0 aliphatic heterocycles. The number of rotatable bonds is 5. The van der Waals surface area contributed by atoms with Crippen molar-refractivity contribution in [1.82, 2.24) is 9.20 Å². The van der Waals surface area contributed by atoms with Gasteiger partial charge in [-0.15, -0.1) is 0 Å². The lowest BCUT2D eigenvalue weighted by molar-refractivity contribution is 0.102. The highest BCUT2D eigenvalue weighted by Crippen LogP contribution is 2.34. The van der Waals surface area contributed by atoms with E-state index in [9.17, 15) is 27.2 Å². The number of benzene rings is 3. The van der Waals surface area contributed by atoms with Crippen molar-refractivity contribution in [1.29, 1.82) is 0 Å². The van der Waals surface area contributed by atoms with Crippen LogP contribution in [0.15, 0.2) is 83.7 Å². The minimum atomic E-state index is -1.81. The Bertz CT molecular complexity index is 1690. The second-order valence-electron chi connectivity index (χ2n) is 8.10. The van der Waals surface area contributed by atoms with Crippen LogP contribution in [-0.2, 0) is 6.54 Å². The Labute approximate surface area is 212 Å². The number of amides is 1. The smallest absolute Gasteiger partial charge is 0.280 e. The highest BCUT2D eigenvalue weighted by molar-refractivity contribution is 6.29. The van der Waals surface area contributed by atoms with Crippen LogP contribution >= 0.6 is 11.6 Å². The van der Waals surface area contributed by atoms with Gasteiger partial charge in [0, 0.05) is 0 Å². The number of nitrogens with zero attached hydrogens (tertiary/aromatic N) is 2. The molecule has 1 N–H and O–H groups in total. The molecule has 0 aliphatic rings. The van der Waals surface area contributed by atoms with Gasteiger partial charge in [-0.05, 0) is 23.3 Å². The Balaban J connectivity index is 1.61. The molecule has 0 fully saturated rings. The van der Waals surface area contributed by atoms with Gasteiger partial charge < -0.3 is 5.32 Å². The van der Waals surface area contributed by atoms with Gasteiger partial charge in [0.15, 0.2) is 23.3 Å². The Morgan fingerprint density at radius 2 is 1.38 bits per heavy atom. The minimum absolute atomic E-state index is 0.0234. The molecule has 0 saturated carbocycles. The van der Waals surface area contributed by atoms with Crippen LogP contribution in [0.5, 0.6) is 0 Å². The highest BCUT2D eigenvalue weighted by atomic mass is 35.5.